The van der Waals surface area contributed by atoms with Crippen LogP contribution in [0.4, 0.5) is 0 Å². The van der Waals surface area contributed by atoms with Crippen molar-refractivity contribution in [2.45, 2.75) is 6.92 Å². The van der Waals surface area contributed by atoms with E-state index in [1.807, 2.05) is 54.6 Å². The highest BCUT2D eigenvalue weighted by Gasteiger charge is 2.09. The Balaban J connectivity index is 2.05. The molecule has 0 aliphatic rings. The fourth-order valence-electron chi connectivity index (χ4n) is 2.35. The third-order valence-electron chi connectivity index (χ3n) is 3.46. The molecule has 0 aliphatic carbocycles. The minimum absolute atomic E-state index is 0.636. The van der Waals surface area contributed by atoms with Crippen LogP contribution in [0.25, 0.3) is 11.1 Å². The van der Waals surface area contributed by atoms with Crippen molar-refractivity contribution in [2.24, 2.45) is 0 Å². The summed E-state index contributed by atoms with van der Waals surface area (Å²) < 4.78 is 6.02. The molecule has 0 aromatic heterocycles. The quantitative estimate of drug-likeness (QED) is 0.646. The molecule has 0 unspecified atom stereocenters. The number of para-hydroxylation sites is 2. The molecule has 0 bridgehead atoms. The van der Waals surface area contributed by atoms with Gasteiger partial charge in [-0.15, -0.1) is 0 Å². The van der Waals surface area contributed by atoms with Crippen molar-refractivity contribution in [3.05, 3.63) is 78.4 Å². The van der Waals surface area contributed by atoms with Crippen LogP contribution in [0.3, 0.4) is 0 Å². The summed E-state index contributed by atoms with van der Waals surface area (Å²) in [6.45, 7) is 2.10. The molecule has 0 spiro atoms. The molecule has 3 aromatic carbocycles. The van der Waals surface area contributed by atoms with E-state index < -0.39 is 0 Å². The van der Waals surface area contributed by atoms with Crippen molar-refractivity contribution >= 4 is 13.3 Å². The molecule has 0 N–H and O–H groups in total. The highest BCUT2D eigenvalue weighted by Crippen LogP contribution is 2.34. The van der Waals surface area contributed by atoms with E-state index in [1.54, 1.807) is 0 Å². The van der Waals surface area contributed by atoms with Crippen molar-refractivity contribution in [1.29, 1.82) is 0 Å². The summed E-state index contributed by atoms with van der Waals surface area (Å²) in [5, 5.41) is 0. The second-order valence-corrected chi connectivity index (χ2v) is 4.95. The molecule has 3 aromatic rings. The molecular formula is C19H15BO. The lowest BCUT2D eigenvalue weighted by molar-refractivity contribution is 0.488. The maximum absolute atomic E-state index is 6.02. The Hall–Kier alpha value is -2.48. The lowest BCUT2D eigenvalue weighted by atomic mass is 9.95. The first-order valence-corrected chi connectivity index (χ1v) is 6.93. The molecule has 0 aliphatic heterocycles. The van der Waals surface area contributed by atoms with Gasteiger partial charge in [-0.2, -0.15) is 0 Å². The minimum atomic E-state index is 0.636. The minimum Gasteiger partial charge on any atom is -0.457 e. The summed E-state index contributed by atoms with van der Waals surface area (Å²) in [4.78, 5) is 0. The van der Waals surface area contributed by atoms with Crippen molar-refractivity contribution in [1.82, 2.24) is 0 Å². The topological polar surface area (TPSA) is 9.23 Å². The van der Waals surface area contributed by atoms with E-state index in [0.29, 0.717) is 11.2 Å². The van der Waals surface area contributed by atoms with E-state index in [4.69, 9.17) is 12.6 Å². The number of aryl methyl sites for hydroxylation is 1. The maximum Gasteiger partial charge on any atom is 0.135 e. The fraction of sp³-hybridized carbons (Fsp3) is 0.0526. The number of rotatable bonds is 3. The van der Waals surface area contributed by atoms with E-state index >= 15 is 0 Å². The van der Waals surface area contributed by atoms with Crippen LogP contribution < -0.4 is 10.2 Å². The van der Waals surface area contributed by atoms with E-state index in [9.17, 15) is 0 Å². The molecule has 21 heavy (non-hydrogen) atoms. The van der Waals surface area contributed by atoms with Crippen LogP contribution in [0.15, 0.2) is 72.8 Å². The van der Waals surface area contributed by atoms with Crippen molar-refractivity contribution in [2.75, 3.05) is 0 Å². The van der Waals surface area contributed by atoms with Crippen LogP contribution in [-0.2, 0) is 0 Å². The molecule has 100 valence electrons. The van der Waals surface area contributed by atoms with Gasteiger partial charge in [0, 0.05) is 5.56 Å². The van der Waals surface area contributed by atoms with Gasteiger partial charge in [0.05, 0.1) is 0 Å². The lowest BCUT2D eigenvalue weighted by Gasteiger charge is -2.14. The predicted molar refractivity (Wildman–Crippen MR) is 88.5 cm³/mol. The van der Waals surface area contributed by atoms with Gasteiger partial charge in [0.1, 0.15) is 19.3 Å². The summed E-state index contributed by atoms with van der Waals surface area (Å²) >= 11 is 0. The zero-order valence-corrected chi connectivity index (χ0v) is 11.9. The van der Waals surface area contributed by atoms with E-state index in [-0.39, 0.29) is 0 Å². The second-order valence-electron chi connectivity index (χ2n) is 4.95. The zero-order valence-electron chi connectivity index (χ0n) is 11.9. The zero-order chi connectivity index (χ0) is 14.7. The summed E-state index contributed by atoms with van der Waals surface area (Å²) in [7, 11) is 5.96. The molecule has 2 heteroatoms. The van der Waals surface area contributed by atoms with E-state index in [1.165, 1.54) is 11.1 Å². The van der Waals surface area contributed by atoms with Crippen LogP contribution in [0.5, 0.6) is 11.5 Å². The first kappa shape index (κ1) is 13.5. The lowest BCUT2D eigenvalue weighted by Crippen LogP contribution is -2.05. The largest absolute Gasteiger partial charge is 0.457 e. The van der Waals surface area contributed by atoms with Gasteiger partial charge in [0.2, 0.25) is 0 Å². The molecular weight excluding hydrogens is 255 g/mol. The Kier molecular flexibility index (Phi) is 3.78. The Morgan fingerprint density at radius 1 is 0.667 bits per heavy atom. The van der Waals surface area contributed by atoms with Gasteiger partial charge in [0.15, 0.2) is 0 Å². The normalized spacial score (nSPS) is 10.3. The number of ether oxygens (including phenoxy) is 1. The Labute approximate surface area is 126 Å². The monoisotopic (exact) mass is 270 g/mol. The Morgan fingerprint density at radius 2 is 1.24 bits per heavy atom. The van der Waals surface area contributed by atoms with Crippen LogP contribution in [0.2, 0.25) is 0 Å². The van der Waals surface area contributed by atoms with Crippen LogP contribution in [0.1, 0.15) is 5.56 Å². The summed E-state index contributed by atoms with van der Waals surface area (Å²) in [6.07, 6.45) is 0. The Bertz CT molecular complexity index is 765. The number of benzene rings is 3. The van der Waals surface area contributed by atoms with Gasteiger partial charge in [-0.1, -0.05) is 66.1 Å². The molecule has 0 saturated carbocycles. The maximum atomic E-state index is 6.02. The summed E-state index contributed by atoms with van der Waals surface area (Å²) in [5.41, 5.74) is 4.09. The molecule has 2 radical (unpaired) electrons. The first-order valence-electron chi connectivity index (χ1n) is 6.93. The van der Waals surface area contributed by atoms with Gasteiger partial charge in [0.25, 0.3) is 0 Å². The molecule has 0 heterocycles. The highest BCUT2D eigenvalue weighted by molar-refractivity contribution is 6.34. The average molecular weight is 270 g/mol. The number of hydrogen-bond donors (Lipinski definition) is 0. The molecule has 0 fully saturated rings. The average Bonchev–Trinajstić information content (AvgIpc) is 2.51. The predicted octanol–water partition coefficient (Wildman–Crippen LogP) is 4.25. The van der Waals surface area contributed by atoms with Gasteiger partial charge >= 0.3 is 0 Å². The van der Waals surface area contributed by atoms with Gasteiger partial charge in [-0.3, -0.25) is 0 Å². The molecule has 0 amide bonds. The van der Waals surface area contributed by atoms with Gasteiger partial charge in [-0.25, -0.2) is 0 Å². The van der Waals surface area contributed by atoms with Gasteiger partial charge in [-0.05, 0) is 30.2 Å². The first-order chi connectivity index (χ1) is 10.3. The highest BCUT2D eigenvalue weighted by atomic mass is 16.5. The summed E-state index contributed by atoms with van der Waals surface area (Å²) in [5.74, 6) is 1.49. The van der Waals surface area contributed by atoms with Crippen molar-refractivity contribution in [3.63, 3.8) is 0 Å². The van der Waals surface area contributed by atoms with E-state index in [0.717, 1.165) is 11.3 Å². The van der Waals surface area contributed by atoms with E-state index in [2.05, 4.69) is 25.1 Å². The molecule has 1 nitrogen and oxygen atoms in total. The fourth-order valence-corrected chi connectivity index (χ4v) is 2.35. The van der Waals surface area contributed by atoms with Gasteiger partial charge < -0.3 is 4.74 Å². The number of hydrogen-bond acceptors (Lipinski definition) is 1. The standard InChI is InChI=1S/C19H15BO/c1-14-8-2-3-9-15(14)16-10-4-6-12-18(16)21-19-13-7-5-11-17(19)20/h2-13H,1H3. The third kappa shape index (κ3) is 2.85. The molecule has 0 saturated heterocycles. The smallest absolute Gasteiger partial charge is 0.135 e. The molecule has 0 atom stereocenters. The van der Waals surface area contributed by atoms with Crippen LogP contribution in [-0.4, -0.2) is 7.85 Å². The Morgan fingerprint density at radius 3 is 1.95 bits per heavy atom. The van der Waals surface area contributed by atoms with Crippen molar-refractivity contribution < 1.29 is 4.74 Å². The van der Waals surface area contributed by atoms with Crippen LogP contribution >= 0.6 is 0 Å². The third-order valence-corrected chi connectivity index (χ3v) is 3.46. The SMILES string of the molecule is [B]c1ccccc1Oc1ccccc1-c1ccccc1C. The van der Waals surface area contributed by atoms with Crippen LogP contribution in [0, 0.1) is 6.92 Å². The summed E-state index contributed by atoms with van der Waals surface area (Å²) in [6, 6.07) is 23.8. The molecule has 3 rings (SSSR count). The second kappa shape index (κ2) is 5.88. The van der Waals surface area contributed by atoms with Crippen molar-refractivity contribution in [3.8, 4) is 22.6 Å².